The van der Waals surface area contributed by atoms with E-state index in [0.29, 0.717) is 0 Å². The molecule has 1 rings (SSSR count). The summed E-state index contributed by atoms with van der Waals surface area (Å²) in [6.45, 7) is 8.98. The molecule has 1 aromatic rings. The van der Waals surface area contributed by atoms with Crippen LogP contribution in [0.15, 0.2) is 12.4 Å². The number of carbonyl (C=O) groups is 1. The van der Waals surface area contributed by atoms with E-state index < -0.39 is 5.97 Å². The smallest absolute Gasteiger partial charge is 0.303 e. The fourth-order valence-corrected chi connectivity index (χ4v) is 1.96. The van der Waals surface area contributed by atoms with Gasteiger partial charge in [0.15, 0.2) is 0 Å². The third-order valence-electron chi connectivity index (χ3n) is 3.45. The highest BCUT2D eigenvalue weighted by Crippen LogP contribution is 2.25. The highest BCUT2D eigenvalue weighted by atomic mass is 16.4. The van der Waals surface area contributed by atoms with E-state index in [9.17, 15) is 4.79 Å². The average molecular weight is 267 g/mol. The number of nitrogens with one attached hydrogen (secondary N) is 1. The van der Waals surface area contributed by atoms with Gasteiger partial charge in [0.2, 0.25) is 0 Å². The monoisotopic (exact) mass is 267 g/mol. The average Bonchev–Trinajstić information content (AvgIpc) is 2.72. The van der Waals surface area contributed by atoms with Crippen molar-refractivity contribution in [3.05, 3.63) is 18.2 Å². The number of rotatable bonds is 9. The quantitative estimate of drug-likeness (QED) is 0.672. The van der Waals surface area contributed by atoms with Crippen molar-refractivity contribution >= 4 is 5.97 Å². The lowest BCUT2D eigenvalue weighted by Crippen LogP contribution is -2.26. The maximum Gasteiger partial charge on any atom is 0.303 e. The molecule has 0 aliphatic rings. The van der Waals surface area contributed by atoms with Crippen LogP contribution in [0.2, 0.25) is 0 Å². The van der Waals surface area contributed by atoms with Crippen LogP contribution in [-0.4, -0.2) is 33.7 Å². The molecular weight excluding hydrogens is 242 g/mol. The molecular formula is C14H25N3O2. The Balaban J connectivity index is 2.13. The number of hydrogen-bond donors (Lipinski definition) is 2. The summed E-state index contributed by atoms with van der Waals surface area (Å²) in [5, 5.41) is 12.1. The Morgan fingerprint density at radius 3 is 2.74 bits per heavy atom. The molecule has 0 amide bonds. The van der Waals surface area contributed by atoms with Gasteiger partial charge in [-0.3, -0.25) is 4.79 Å². The molecule has 0 unspecified atom stereocenters. The van der Waals surface area contributed by atoms with E-state index in [1.807, 2.05) is 19.3 Å². The largest absolute Gasteiger partial charge is 0.481 e. The van der Waals surface area contributed by atoms with E-state index >= 15 is 0 Å². The van der Waals surface area contributed by atoms with Crippen LogP contribution in [0.25, 0.3) is 0 Å². The molecule has 2 N–H and O–H groups in total. The predicted molar refractivity (Wildman–Crippen MR) is 75.1 cm³/mol. The Morgan fingerprint density at radius 1 is 1.42 bits per heavy atom. The van der Waals surface area contributed by atoms with Gasteiger partial charge in [0.1, 0.15) is 5.82 Å². The van der Waals surface area contributed by atoms with E-state index in [0.717, 1.165) is 38.3 Å². The first-order valence-corrected chi connectivity index (χ1v) is 6.81. The number of imidazole rings is 1. The molecule has 19 heavy (non-hydrogen) atoms. The van der Waals surface area contributed by atoms with Crippen LogP contribution in [0.5, 0.6) is 0 Å². The summed E-state index contributed by atoms with van der Waals surface area (Å²) in [5.74, 6) is 0.320. The Hall–Kier alpha value is -1.36. The minimum absolute atomic E-state index is 0.0797. The molecule has 0 bridgehead atoms. The van der Waals surface area contributed by atoms with Gasteiger partial charge in [-0.25, -0.2) is 4.98 Å². The van der Waals surface area contributed by atoms with E-state index in [1.54, 1.807) is 0 Å². The lowest BCUT2D eigenvalue weighted by Gasteiger charge is -2.23. The predicted octanol–water partition coefficient (Wildman–Crippen LogP) is 2.06. The van der Waals surface area contributed by atoms with Gasteiger partial charge in [-0.15, -0.1) is 0 Å². The summed E-state index contributed by atoms with van der Waals surface area (Å²) < 4.78 is 2.11. The van der Waals surface area contributed by atoms with Gasteiger partial charge in [0.25, 0.3) is 0 Å². The molecule has 0 radical (unpaired) electrons. The molecule has 0 aliphatic carbocycles. The van der Waals surface area contributed by atoms with Crippen LogP contribution < -0.4 is 5.32 Å². The van der Waals surface area contributed by atoms with Crippen molar-refractivity contribution in [1.82, 2.24) is 14.9 Å². The molecule has 0 fully saturated rings. The third kappa shape index (κ3) is 6.38. The van der Waals surface area contributed by atoms with Gasteiger partial charge in [-0.1, -0.05) is 13.8 Å². The van der Waals surface area contributed by atoms with Crippen LogP contribution in [0.1, 0.15) is 38.9 Å². The van der Waals surface area contributed by atoms with Crippen LogP contribution in [-0.2, 0) is 11.3 Å². The fourth-order valence-electron chi connectivity index (χ4n) is 1.96. The Bertz CT molecular complexity index is 399. The molecule has 0 saturated heterocycles. The van der Waals surface area contributed by atoms with E-state index in [1.165, 1.54) is 0 Å². The molecule has 1 aromatic heterocycles. The standard InChI is InChI=1S/C14H25N3O2/c1-12-16-9-11-17(12)10-8-15-7-6-14(2,3)5-4-13(18)19/h9,11,15H,4-8,10H2,1-3H3,(H,18,19). The van der Waals surface area contributed by atoms with Gasteiger partial charge < -0.3 is 15.0 Å². The number of carboxylic acid groups (broad SMARTS) is 1. The molecule has 0 atom stereocenters. The molecule has 5 nitrogen and oxygen atoms in total. The molecule has 1 heterocycles. The topological polar surface area (TPSA) is 67.2 Å². The number of carboxylic acids is 1. The van der Waals surface area contributed by atoms with Crippen molar-refractivity contribution < 1.29 is 9.90 Å². The lowest BCUT2D eigenvalue weighted by atomic mass is 9.84. The van der Waals surface area contributed by atoms with Crippen LogP contribution in [0, 0.1) is 12.3 Å². The van der Waals surface area contributed by atoms with Crippen LogP contribution in [0.3, 0.4) is 0 Å². The SMILES string of the molecule is Cc1nccn1CCNCCC(C)(C)CCC(=O)O. The summed E-state index contributed by atoms with van der Waals surface area (Å²) in [5.41, 5.74) is 0.0797. The minimum atomic E-state index is -0.711. The third-order valence-corrected chi connectivity index (χ3v) is 3.45. The van der Waals surface area contributed by atoms with E-state index in [2.05, 4.69) is 28.7 Å². The van der Waals surface area contributed by atoms with Crippen molar-refractivity contribution in [1.29, 1.82) is 0 Å². The normalized spacial score (nSPS) is 11.7. The molecule has 0 aromatic carbocycles. The molecule has 0 spiro atoms. The summed E-state index contributed by atoms with van der Waals surface area (Å²) in [4.78, 5) is 14.7. The number of hydrogen-bond acceptors (Lipinski definition) is 3. The van der Waals surface area contributed by atoms with Crippen molar-refractivity contribution in [2.24, 2.45) is 5.41 Å². The zero-order valence-electron chi connectivity index (χ0n) is 12.1. The van der Waals surface area contributed by atoms with Gasteiger partial charge in [0, 0.05) is 31.9 Å². The van der Waals surface area contributed by atoms with E-state index in [-0.39, 0.29) is 11.8 Å². The first-order chi connectivity index (χ1) is 8.91. The van der Waals surface area contributed by atoms with Crippen molar-refractivity contribution in [2.75, 3.05) is 13.1 Å². The maximum absolute atomic E-state index is 10.6. The molecule has 108 valence electrons. The molecule has 0 saturated carbocycles. The fraction of sp³-hybridized carbons (Fsp3) is 0.714. The first-order valence-electron chi connectivity index (χ1n) is 6.81. The van der Waals surface area contributed by atoms with Gasteiger partial charge in [-0.05, 0) is 31.7 Å². The first kappa shape index (κ1) is 15.7. The number of aryl methyl sites for hydroxylation is 1. The Kier molecular flexibility index (Phi) is 6.02. The van der Waals surface area contributed by atoms with E-state index in [4.69, 9.17) is 5.11 Å². The van der Waals surface area contributed by atoms with Gasteiger partial charge >= 0.3 is 5.97 Å². The van der Waals surface area contributed by atoms with Crippen molar-refractivity contribution in [3.63, 3.8) is 0 Å². The summed E-state index contributed by atoms with van der Waals surface area (Å²) in [6.07, 6.45) is 5.76. The highest BCUT2D eigenvalue weighted by molar-refractivity contribution is 5.66. The number of aromatic nitrogens is 2. The lowest BCUT2D eigenvalue weighted by molar-refractivity contribution is -0.137. The Labute approximate surface area is 115 Å². The zero-order chi connectivity index (χ0) is 14.3. The van der Waals surface area contributed by atoms with Crippen molar-refractivity contribution in [2.45, 2.75) is 46.6 Å². The minimum Gasteiger partial charge on any atom is -0.481 e. The summed E-state index contributed by atoms with van der Waals surface area (Å²) in [7, 11) is 0. The summed E-state index contributed by atoms with van der Waals surface area (Å²) >= 11 is 0. The van der Waals surface area contributed by atoms with Crippen LogP contribution in [0.4, 0.5) is 0 Å². The second-order valence-electron chi connectivity index (χ2n) is 5.73. The maximum atomic E-state index is 10.6. The van der Waals surface area contributed by atoms with Gasteiger partial charge in [0.05, 0.1) is 0 Å². The second kappa shape index (κ2) is 7.28. The number of nitrogens with zero attached hydrogens (tertiary/aromatic N) is 2. The van der Waals surface area contributed by atoms with Gasteiger partial charge in [-0.2, -0.15) is 0 Å². The zero-order valence-corrected chi connectivity index (χ0v) is 12.1. The Morgan fingerprint density at radius 2 is 2.16 bits per heavy atom. The summed E-state index contributed by atoms with van der Waals surface area (Å²) in [6, 6.07) is 0. The van der Waals surface area contributed by atoms with Crippen molar-refractivity contribution in [3.8, 4) is 0 Å². The molecule has 0 aliphatic heterocycles. The van der Waals surface area contributed by atoms with Crippen LogP contribution >= 0.6 is 0 Å². The highest BCUT2D eigenvalue weighted by Gasteiger charge is 2.18. The number of aliphatic carboxylic acids is 1. The molecule has 5 heteroatoms. The second-order valence-corrected chi connectivity index (χ2v) is 5.73.